The van der Waals surface area contributed by atoms with E-state index in [1.165, 1.54) is 5.56 Å². The highest BCUT2D eigenvalue weighted by molar-refractivity contribution is 7.99. The van der Waals surface area contributed by atoms with Crippen LogP contribution in [0.4, 0.5) is 0 Å². The molecule has 1 unspecified atom stereocenters. The largest absolute Gasteiger partial charge is 0.508 e. The zero-order valence-electron chi connectivity index (χ0n) is 9.36. The van der Waals surface area contributed by atoms with Crippen molar-refractivity contribution in [2.45, 2.75) is 19.4 Å². The van der Waals surface area contributed by atoms with Crippen molar-refractivity contribution < 1.29 is 5.11 Å². The van der Waals surface area contributed by atoms with E-state index in [4.69, 9.17) is 0 Å². The predicted molar refractivity (Wildman–Crippen MR) is 67.7 cm³/mol. The molecule has 0 saturated heterocycles. The molecule has 0 amide bonds. The van der Waals surface area contributed by atoms with Crippen LogP contribution in [-0.2, 0) is 6.42 Å². The van der Waals surface area contributed by atoms with E-state index in [1.807, 2.05) is 30.9 Å². The van der Waals surface area contributed by atoms with Gasteiger partial charge in [-0.1, -0.05) is 19.1 Å². The van der Waals surface area contributed by atoms with Crippen molar-refractivity contribution in [1.82, 2.24) is 5.32 Å². The van der Waals surface area contributed by atoms with Crippen molar-refractivity contribution in [3.63, 3.8) is 0 Å². The first kappa shape index (κ1) is 12.4. The van der Waals surface area contributed by atoms with Gasteiger partial charge in [-0.3, -0.25) is 0 Å². The minimum absolute atomic E-state index is 0.352. The predicted octanol–water partition coefficient (Wildman–Crippen LogP) is 2.28. The number of benzene rings is 1. The minimum atomic E-state index is 0.352. The van der Waals surface area contributed by atoms with Crippen molar-refractivity contribution in [2.75, 3.05) is 18.6 Å². The van der Waals surface area contributed by atoms with Crippen molar-refractivity contribution in [2.24, 2.45) is 0 Å². The van der Waals surface area contributed by atoms with Crippen LogP contribution >= 0.6 is 11.8 Å². The second-order valence-electron chi connectivity index (χ2n) is 3.52. The highest BCUT2D eigenvalue weighted by atomic mass is 32.2. The van der Waals surface area contributed by atoms with E-state index in [1.54, 1.807) is 6.07 Å². The third-order valence-corrected chi connectivity index (χ3v) is 3.37. The Morgan fingerprint density at radius 1 is 1.47 bits per heavy atom. The van der Waals surface area contributed by atoms with Crippen molar-refractivity contribution in [3.8, 4) is 5.75 Å². The zero-order chi connectivity index (χ0) is 11.1. The first-order valence-corrected chi connectivity index (χ1v) is 6.44. The molecule has 1 atom stereocenters. The molecule has 1 aromatic rings. The van der Waals surface area contributed by atoms with E-state index in [-0.39, 0.29) is 0 Å². The van der Waals surface area contributed by atoms with Gasteiger partial charge in [0.25, 0.3) is 0 Å². The first-order chi connectivity index (χ1) is 7.26. The molecule has 1 rings (SSSR count). The molecule has 0 aliphatic heterocycles. The van der Waals surface area contributed by atoms with E-state index in [0.29, 0.717) is 11.8 Å². The highest BCUT2D eigenvalue weighted by Gasteiger charge is 2.06. The molecular weight excluding hydrogens is 206 g/mol. The summed E-state index contributed by atoms with van der Waals surface area (Å²) < 4.78 is 0. The molecule has 0 aliphatic rings. The van der Waals surface area contributed by atoms with Gasteiger partial charge in [0, 0.05) is 11.8 Å². The molecule has 0 heterocycles. The Kier molecular flexibility index (Phi) is 5.58. The fourth-order valence-corrected chi connectivity index (χ4v) is 2.28. The van der Waals surface area contributed by atoms with Crippen LogP contribution in [0.2, 0.25) is 0 Å². The average Bonchev–Trinajstić information content (AvgIpc) is 2.24. The molecule has 0 bridgehead atoms. The summed E-state index contributed by atoms with van der Waals surface area (Å²) in [5, 5.41) is 12.7. The van der Waals surface area contributed by atoms with Crippen LogP contribution in [0.3, 0.4) is 0 Å². The molecule has 0 saturated carbocycles. The summed E-state index contributed by atoms with van der Waals surface area (Å²) >= 11 is 1.94. The lowest BCUT2D eigenvalue weighted by Crippen LogP contribution is -2.30. The second-order valence-corrected chi connectivity index (χ2v) is 4.84. The Labute approximate surface area is 96.1 Å². The Bertz CT molecular complexity index is 291. The lowest BCUT2D eigenvalue weighted by molar-refractivity contribution is 0.474. The van der Waals surface area contributed by atoms with Crippen LogP contribution in [0.25, 0.3) is 0 Å². The Morgan fingerprint density at radius 2 is 2.27 bits per heavy atom. The maximum absolute atomic E-state index is 9.35. The molecule has 84 valence electrons. The average molecular weight is 225 g/mol. The third-order valence-electron chi connectivity index (χ3n) is 2.32. The Hall–Kier alpha value is -0.670. The molecule has 0 aromatic heterocycles. The van der Waals surface area contributed by atoms with Crippen LogP contribution in [0.1, 0.15) is 12.5 Å². The molecule has 1 aromatic carbocycles. The number of rotatable bonds is 6. The highest BCUT2D eigenvalue weighted by Crippen LogP contribution is 2.14. The zero-order valence-corrected chi connectivity index (χ0v) is 10.2. The van der Waals surface area contributed by atoms with Gasteiger partial charge in [-0.05, 0) is 36.9 Å². The summed E-state index contributed by atoms with van der Waals surface area (Å²) in [7, 11) is 1.99. The molecular formula is C12H19NOS. The topological polar surface area (TPSA) is 32.3 Å². The molecule has 0 fully saturated rings. The van der Waals surface area contributed by atoms with E-state index < -0.39 is 0 Å². The van der Waals surface area contributed by atoms with E-state index >= 15 is 0 Å². The molecule has 3 heteroatoms. The normalized spacial score (nSPS) is 12.7. The van der Waals surface area contributed by atoms with Crippen molar-refractivity contribution in [3.05, 3.63) is 29.8 Å². The minimum Gasteiger partial charge on any atom is -0.508 e. The maximum Gasteiger partial charge on any atom is 0.115 e. The van der Waals surface area contributed by atoms with Crippen molar-refractivity contribution >= 4 is 11.8 Å². The quantitative estimate of drug-likeness (QED) is 0.779. The smallest absolute Gasteiger partial charge is 0.115 e. The summed E-state index contributed by atoms with van der Waals surface area (Å²) in [6, 6.07) is 7.97. The van der Waals surface area contributed by atoms with Crippen molar-refractivity contribution in [1.29, 1.82) is 0 Å². The lowest BCUT2D eigenvalue weighted by atomic mass is 10.1. The molecule has 0 spiro atoms. The van der Waals surface area contributed by atoms with Gasteiger partial charge in [0.2, 0.25) is 0 Å². The number of hydrogen-bond donors (Lipinski definition) is 2. The number of aromatic hydroxyl groups is 1. The number of phenols is 1. The van der Waals surface area contributed by atoms with Crippen LogP contribution < -0.4 is 5.32 Å². The Morgan fingerprint density at radius 3 is 2.87 bits per heavy atom. The second kappa shape index (κ2) is 6.75. The van der Waals surface area contributed by atoms with Crippen LogP contribution in [0.15, 0.2) is 24.3 Å². The summed E-state index contributed by atoms with van der Waals surface area (Å²) in [5.41, 5.74) is 1.19. The van der Waals surface area contributed by atoms with Gasteiger partial charge in [0.15, 0.2) is 0 Å². The van der Waals surface area contributed by atoms with Gasteiger partial charge in [0.05, 0.1) is 0 Å². The van der Waals surface area contributed by atoms with Crippen LogP contribution in [0.5, 0.6) is 5.75 Å². The summed E-state index contributed by atoms with van der Waals surface area (Å²) in [5.74, 6) is 2.62. The summed E-state index contributed by atoms with van der Waals surface area (Å²) in [4.78, 5) is 0. The molecule has 2 nitrogen and oxygen atoms in total. The van der Waals surface area contributed by atoms with Gasteiger partial charge >= 0.3 is 0 Å². The summed E-state index contributed by atoms with van der Waals surface area (Å²) in [6.45, 7) is 2.17. The fraction of sp³-hybridized carbons (Fsp3) is 0.500. The molecule has 2 N–H and O–H groups in total. The van der Waals surface area contributed by atoms with E-state index in [9.17, 15) is 5.11 Å². The Balaban J connectivity index is 2.50. The molecule has 15 heavy (non-hydrogen) atoms. The fourth-order valence-electron chi connectivity index (χ4n) is 1.47. The number of nitrogens with one attached hydrogen (secondary N) is 1. The van der Waals surface area contributed by atoms with Gasteiger partial charge in [-0.2, -0.15) is 11.8 Å². The monoisotopic (exact) mass is 225 g/mol. The number of thioether (sulfide) groups is 1. The van der Waals surface area contributed by atoms with Gasteiger partial charge in [0.1, 0.15) is 5.75 Å². The van der Waals surface area contributed by atoms with Gasteiger partial charge in [-0.15, -0.1) is 0 Å². The number of phenolic OH excluding ortho intramolecular Hbond substituents is 1. The maximum atomic E-state index is 9.35. The van der Waals surface area contributed by atoms with Gasteiger partial charge in [-0.25, -0.2) is 0 Å². The standard InChI is InChI=1S/C12H19NOS/c1-3-15-9-11(13-2)7-10-5-4-6-12(14)8-10/h4-6,8,11,13-14H,3,7,9H2,1-2H3. The van der Waals surface area contributed by atoms with E-state index in [2.05, 4.69) is 18.3 Å². The van der Waals surface area contributed by atoms with Crippen LogP contribution in [-0.4, -0.2) is 29.7 Å². The van der Waals surface area contributed by atoms with Gasteiger partial charge < -0.3 is 10.4 Å². The first-order valence-electron chi connectivity index (χ1n) is 5.29. The SMILES string of the molecule is CCSCC(Cc1cccc(O)c1)NC. The molecule has 0 radical (unpaired) electrons. The number of hydrogen-bond acceptors (Lipinski definition) is 3. The number of likely N-dealkylation sites (N-methyl/N-ethyl adjacent to an activating group) is 1. The third kappa shape index (κ3) is 4.58. The summed E-state index contributed by atoms with van der Waals surface area (Å²) in [6.07, 6.45) is 0.970. The van der Waals surface area contributed by atoms with E-state index in [0.717, 1.165) is 17.9 Å². The van der Waals surface area contributed by atoms with Crippen LogP contribution in [0, 0.1) is 0 Å². The lowest BCUT2D eigenvalue weighted by Gasteiger charge is -2.15. The molecule has 0 aliphatic carbocycles.